The maximum Gasteiger partial charge on any atom is 0.182 e. The Hall–Kier alpha value is -1.95. The highest BCUT2D eigenvalue weighted by molar-refractivity contribution is 7.18. The quantitative estimate of drug-likeness (QED) is 0.912. The second kappa shape index (κ2) is 5.79. The van der Waals surface area contributed by atoms with Crippen molar-refractivity contribution in [2.45, 2.75) is 0 Å². The van der Waals surface area contributed by atoms with E-state index in [1.165, 1.54) is 0 Å². The number of nitrogens with one attached hydrogen (secondary N) is 1. The van der Waals surface area contributed by atoms with Gasteiger partial charge in [0.25, 0.3) is 0 Å². The van der Waals surface area contributed by atoms with Gasteiger partial charge in [-0.15, -0.1) is 0 Å². The van der Waals surface area contributed by atoms with E-state index in [9.17, 15) is 0 Å². The summed E-state index contributed by atoms with van der Waals surface area (Å²) >= 11 is 1.55. The number of aromatic nitrogens is 1. The third kappa shape index (κ3) is 2.58. The molecule has 0 radical (unpaired) electrons. The van der Waals surface area contributed by atoms with Crippen molar-refractivity contribution in [1.82, 2.24) is 4.98 Å². The number of thiazole rings is 1. The summed E-state index contributed by atoms with van der Waals surface area (Å²) in [6.45, 7) is 0. The number of benzene rings is 1. The molecule has 1 heterocycles. The minimum Gasteiger partial charge on any atom is -0.496 e. The Morgan fingerprint density at radius 3 is 2.16 bits per heavy atom. The maximum absolute atomic E-state index is 5.41. The molecule has 0 aliphatic carbocycles. The van der Waals surface area contributed by atoms with E-state index < -0.39 is 0 Å². The van der Waals surface area contributed by atoms with Gasteiger partial charge in [-0.1, -0.05) is 11.3 Å². The topological polar surface area (TPSA) is 52.6 Å². The fourth-order valence-corrected chi connectivity index (χ4v) is 2.53. The molecule has 102 valence electrons. The van der Waals surface area contributed by atoms with Crippen molar-refractivity contribution in [1.29, 1.82) is 0 Å². The molecule has 6 heteroatoms. The van der Waals surface area contributed by atoms with Gasteiger partial charge in [0.1, 0.15) is 5.75 Å². The van der Waals surface area contributed by atoms with Gasteiger partial charge in [0, 0.05) is 24.9 Å². The van der Waals surface area contributed by atoms with Gasteiger partial charge in [0.15, 0.2) is 16.6 Å². The van der Waals surface area contributed by atoms with Crippen LogP contribution in [0.1, 0.15) is 0 Å². The largest absolute Gasteiger partial charge is 0.496 e. The normalized spacial score (nSPS) is 10.1. The van der Waals surface area contributed by atoms with Crippen molar-refractivity contribution >= 4 is 16.5 Å². The van der Waals surface area contributed by atoms with Gasteiger partial charge in [-0.05, 0) is 6.07 Å². The lowest BCUT2D eigenvalue weighted by Gasteiger charge is -2.12. The molecule has 5 nitrogen and oxygen atoms in total. The Balaban J connectivity index is 2.54. The van der Waals surface area contributed by atoms with Crippen LogP contribution in [0, 0.1) is 0 Å². The van der Waals surface area contributed by atoms with Crippen LogP contribution in [0.3, 0.4) is 0 Å². The Labute approximate surface area is 116 Å². The lowest BCUT2D eigenvalue weighted by atomic mass is 10.1. The van der Waals surface area contributed by atoms with E-state index in [2.05, 4.69) is 10.3 Å². The van der Waals surface area contributed by atoms with E-state index in [0.29, 0.717) is 11.5 Å². The molecule has 2 aromatic rings. The summed E-state index contributed by atoms with van der Waals surface area (Å²) < 4.78 is 16.0. The second-order valence-corrected chi connectivity index (χ2v) is 4.72. The van der Waals surface area contributed by atoms with Crippen molar-refractivity contribution in [3.05, 3.63) is 18.3 Å². The molecule has 1 aromatic carbocycles. The molecule has 0 aliphatic heterocycles. The Bertz CT molecular complexity index is 569. The lowest BCUT2D eigenvalue weighted by molar-refractivity contribution is 0.349. The highest BCUT2D eigenvalue weighted by atomic mass is 32.1. The van der Waals surface area contributed by atoms with Gasteiger partial charge < -0.3 is 19.5 Å². The Morgan fingerprint density at radius 1 is 1.00 bits per heavy atom. The number of hydrogen-bond donors (Lipinski definition) is 1. The summed E-state index contributed by atoms with van der Waals surface area (Å²) in [6, 6.07) is 3.71. The van der Waals surface area contributed by atoms with Crippen molar-refractivity contribution < 1.29 is 14.2 Å². The summed E-state index contributed by atoms with van der Waals surface area (Å²) in [5.41, 5.74) is 0.930. The minimum atomic E-state index is 0.640. The van der Waals surface area contributed by atoms with Gasteiger partial charge in [-0.3, -0.25) is 0 Å². The van der Waals surface area contributed by atoms with E-state index >= 15 is 0 Å². The summed E-state index contributed by atoms with van der Waals surface area (Å²) in [5, 5.41) is 3.87. The second-order valence-electron chi connectivity index (χ2n) is 3.69. The first kappa shape index (κ1) is 13.5. The molecule has 0 fully saturated rings. The van der Waals surface area contributed by atoms with Gasteiger partial charge in [-0.25, -0.2) is 4.98 Å². The van der Waals surface area contributed by atoms with Crippen LogP contribution in [0.5, 0.6) is 17.2 Å². The first-order chi connectivity index (χ1) is 9.23. The van der Waals surface area contributed by atoms with Crippen LogP contribution < -0.4 is 19.5 Å². The molecule has 0 spiro atoms. The van der Waals surface area contributed by atoms with Crippen molar-refractivity contribution in [3.8, 4) is 27.7 Å². The molecule has 0 aliphatic rings. The molecule has 0 saturated carbocycles. The van der Waals surface area contributed by atoms with E-state index in [1.54, 1.807) is 38.9 Å². The standard InChI is InChI=1S/C13H16N2O3S/c1-14-13-15-7-12(19-13)8-5-10(17-3)11(18-4)6-9(8)16-2/h5-7H,1-4H3,(H,14,15). The fourth-order valence-electron chi connectivity index (χ4n) is 1.74. The molecule has 0 atom stereocenters. The number of methoxy groups -OCH3 is 3. The zero-order valence-corrected chi connectivity index (χ0v) is 12.1. The van der Waals surface area contributed by atoms with Crippen LogP contribution in [0.15, 0.2) is 18.3 Å². The van der Waals surface area contributed by atoms with E-state index in [1.807, 2.05) is 19.2 Å². The molecular formula is C13H16N2O3S. The first-order valence-corrected chi connectivity index (χ1v) is 6.49. The van der Waals surface area contributed by atoms with Gasteiger partial charge in [-0.2, -0.15) is 0 Å². The van der Waals surface area contributed by atoms with Crippen molar-refractivity contribution in [3.63, 3.8) is 0 Å². The highest BCUT2D eigenvalue weighted by Crippen LogP contribution is 2.42. The Kier molecular flexibility index (Phi) is 4.11. The number of rotatable bonds is 5. The average Bonchev–Trinajstić information content (AvgIpc) is 2.94. The molecule has 0 unspecified atom stereocenters. The molecular weight excluding hydrogens is 264 g/mol. The first-order valence-electron chi connectivity index (χ1n) is 5.67. The smallest absolute Gasteiger partial charge is 0.182 e. The number of anilines is 1. The Morgan fingerprint density at radius 2 is 1.63 bits per heavy atom. The van der Waals surface area contributed by atoms with Crippen LogP contribution in [-0.4, -0.2) is 33.4 Å². The maximum atomic E-state index is 5.41. The zero-order chi connectivity index (χ0) is 13.8. The van der Waals surface area contributed by atoms with Crippen molar-refractivity contribution in [2.75, 3.05) is 33.7 Å². The van der Waals surface area contributed by atoms with E-state index in [0.717, 1.165) is 21.3 Å². The monoisotopic (exact) mass is 280 g/mol. The number of hydrogen-bond acceptors (Lipinski definition) is 6. The fraction of sp³-hybridized carbons (Fsp3) is 0.308. The van der Waals surface area contributed by atoms with Gasteiger partial charge >= 0.3 is 0 Å². The van der Waals surface area contributed by atoms with Crippen LogP contribution in [0.25, 0.3) is 10.4 Å². The molecule has 2 rings (SSSR count). The van der Waals surface area contributed by atoms with Gasteiger partial charge in [0.05, 0.1) is 26.2 Å². The van der Waals surface area contributed by atoms with Gasteiger partial charge in [0.2, 0.25) is 0 Å². The molecule has 0 amide bonds. The zero-order valence-electron chi connectivity index (χ0n) is 11.3. The molecule has 0 bridgehead atoms. The van der Waals surface area contributed by atoms with E-state index in [4.69, 9.17) is 14.2 Å². The third-order valence-corrected chi connectivity index (χ3v) is 3.74. The molecule has 0 saturated heterocycles. The van der Waals surface area contributed by atoms with Crippen LogP contribution in [0.2, 0.25) is 0 Å². The predicted molar refractivity (Wildman–Crippen MR) is 76.8 cm³/mol. The summed E-state index contributed by atoms with van der Waals surface area (Å²) in [6.07, 6.45) is 1.81. The molecule has 1 aromatic heterocycles. The van der Waals surface area contributed by atoms with Crippen LogP contribution >= 0.6 is 11.3 Å². The predicted octanol–water partition coefficient (Wildman–Crippen LogP) is 2.88. The summed E-state index contributed by atoms with van der Waals surface area (Å²) in [5.74, 6) is 2.03. The number of nitrogens with zero attached hydrogens (tertiary/aromatic N) is 1. The lowest BCUT2D eigenvalue weighted by Crippen LogP contribution is -1.94. The van der Waals surface area contributed by atoms with Crippen LogP contribution in [-0.2, 0) is 0 Å². The SMILES string of the molecule is CNc1ncc(-c2cc(OC)c(OC)cc2OC)s1. The molecule has 19 heavy (non-hydrogen) atoms. The van der Waals surface area contributed by atoms with Crippen molar-refractivity contribution in [2.24, 2.45) is 0 Å². The average molecular weight is 280 g/mol. The number of ether oxygens (including phenoxy) is 3. The highest BCUT2D eigenvalue weighted by Gasteiger charge is 2.15. The minimum absolute atomic E-state index is 0.640. The van der Waals surface area contributed by atoms with E-state index in [-0.39, 0.29) is 0 Å². The summed E-state index contributed by atoms with van der Waals surface area (Å²) in [4.78, 5) is 5.27. The third-order valence-electron chi connectivity index (χ3n) is 2.69. The molecule has 1 N–H and O–H groups in total. The summed E-state index contributed by atoms with van der Waals surface area (Å²) in [7, 11) is 6.68. The van der Waals surface area contributed by atoms with Crippen LogP contribution in [0.4, 0.5) is 5.13 Å².